The van der Waals surface area contributed by atoms with Gasteiger partial charge in [0.05, 0.1) is 0 Å². The predicted octanol–water partition coefficient (Wildman–Crippen LogP) is 0.279. The molecule has 0 radical (unpaired) electrons. The van der Waals surface area contributed by atoms with Crippen molar-refractivity contribution in [2.75, 3.05) is 39.3 Å². The second-order valence-electron chi connectivity index (χ2n) is 6.72. The van der Waals surface area contributed by atoms with Gasteiger partial charge in [-0.3, -0.25) is 4.79 Å². The van der Waals surface area contributed by atoms with Crippen molar-refractivity contribution >= 4 is 21.8 Å². The number of carbonyl (C=O) groups excluding carboxylic acids is 1. The molecule has 4 rings (SSSR count). The van der Waals surface area contributed by atoms with Crippen LogP contribution < -0.4 is 5.32 Å². The zero-order valence-electron chi connectivity index (χ0n) is 14.0. The monoisotopic (exact) mass is 362 g/mol. The number of nitrogens with one attached hydrogen (secondary N) is 1. The second-order valence-corrected chi connectivity index (χ2v) is 8.30. The number of hydrogen-bond acceptors (Lipinski definition) is 5. The zero-order valence-corrected chi connectivity index (χ0v) is 14.8. The number of rotatable bonds is 1. The molecule has 0 spiro atoms. The summed E-state index contributed by atoms with van der Waals surface area (Å²) >= 11 is 0. The topological polar surface area (TPSA) is 82.1 Å². The molecule has 0 saturated carbocycles. The van der Waals surface area contributed by atoms with Crippen LogP contribution in [-0.4, -0.2) is 69.2 Å². The van der Waals surface area contributed by atoms with Gasteiger partial charge in [0, 0.05) is 50.7 Å². The third-order valence-corrected chi connectivity index (χ3v) is 6.51. The van der Waals surface area contributed by atoms with Gasteiger partial charge < -0.3 is 15.1 Å². The Hall–Kier alpha value is -1.93. The number of amidine groups is 1. The molecular formula is C17H22N4O3S. The van der Waals surface area contributed by atoms with E-state index in [1.54, 1.807) is 18.2 Å². The first-order valence-corrected chi connectivity index (χ1v) is 10.2. The highest BCUT2D eigenvalue weighted by molar-refractivity contribution is 7.90. The molecule has 0 aromatic heterocycles. The van der Waals surface area contributed by atoms with Crippen LogP contribution in [0.5, 0.6) is 0 Å². The van der Waals surface area contributed by atoms with Crippen molar-refractivity contribution in [2.24, 2.45) is 10.3 Å². The lowest BCUT2D eigenvalue weighted by Crippen LogP contribution is -2.50. The minimum absolute atomic E-state index is 0.0307. The molecule has 0 atom stereocenters. The third-order valence-electron chi connectivity index (χ3n) is 5.18. The number of fused-ring (bicyclic) bond motifs is 1. The molecule has 1 aromatic rings. The van der Waals surface area contributed by atoms with Crippen molar-refractivity contribution in [3.05, 3.63) is 29.8 Å². The summed E-state index contributed by atoms with van der Waals surface area (Å²) in [5, 5.41) is 3.26. The van der Waals surface area contributed by atoms with E-state index in [2.05, 4.69) is 9.71 Å². The van der Waals surface area contributed by atoms with E-state index in [4.69, 9.17) is 0 Å². The number of hydrogen-bond donors (Lipinski definition) is 1. The lowest BCUT2D eigenvalue weighted by molar-refractivity contribution is -0.137. The minimum atomic E-state index is -3.59. The maximum atomic E-state index is 12.6. The smallest absolute Gasteiger partial charge is 0.285 e. The molecule has 0 bridgehead atoms. The molecular weight excluding hydrogens is 340 g/mol. The fourth-order valence-corrected chi connectivity index (χ4v) is 5.03. The largest absolute Gasteiger partial charge is 0.355 e. The second kappa shape index (κ2) is 6.42. The van der Waals surface area contributed by atoms with E-state index >= 15 is 0 Å². The lowest BCUT2D eigenvalue weighted by Gasteiger charge is -2.36. The van der Waals surface area contributed by atoms with Gasteiger partial charge in [-0.2, -0.15) is 8.42 Å². The van der Waals surface area contributed by atoms with Gasteiger partial charge in [0.15, 0.2) is 5.84 Å². The van der Waals surface area contributed by atoms with Gasteiger partial charge in [-0.1, -0.05) is 12.1 Å². The summed E-state index contributed by atoms with van der Waals surface area (Å²) in [5.41, 5.74) is 0.675. The van der Waals surface area contributed by atoms with Crippen LogP contribution in [0.3, 0.4) is 0 Å². The number of sulfonamides is 1. The summed E-state index contributed by atoms with van der Waals surface area (Å²) in [6.07, 6.45) is 1.48. The van der Waals surface area contributed by atoms with E-state index in [1.165, 1.54) is 0 Å². The number of amides is 1. The molecule has 1 N–H and O–H groups in total. The molecule has 0 unspecified atom stereocenters. The average molecular weight is 362 g/mol. The zero-order chi connectivity index (χ0) is 17.4. The van der Waals surface area contributed by atoms with Crippen molar-refractivity contribution < 1.29 is 13.2 Å². The number of nitrogens with zero attached hydrogens (tertiary/aromatic N) is 3. The van der Waals surface area contributed by atoms with Gasteiger partial charge in [-0.05, 0) is 25.0 Å². The van der Waals surface area contributed by atoms with E-state index in [9.17, 15) is 13.2 Å². The molecule has 3 aliphatic rings. The number of piperidine rings is 1. The summed E-state index contributed by atoms with van der Waals surface area (Å²) in [7, 11) is -3.59. The van der Waals surface area contributed by atoms with Crippen LogP contribution in [-0.2, 0) is 14.8 Å². The Morgan fingerprint density at radius 3 is 2.48 bits per heavy atom. The Bertz CT molecular complexity index is 807. The average Bonchev–Trinajstić information content (AvgIpc) is 2.94. The van der Waals surface area contributed by atoms with Gasteiger partial charge in [0.25, 0.3) is 10.0 Å². The van der Waals surface area contributed by atoms with Crippen LogP contribution in [0.4, 0.5) is 0 Å². The molecule has 2 saturated heterocycles. The molecule has 25 heavy (non-hydrogen) atoms. The van der Waals surface area contributed by atoms with Crippen molar-refractivity contribution in [1.82, 2.24) is 15.1 Å². The first-order chi connectivity index (χ1) is 12.1. The summed E-state index contributed by atoms with van der Waals surface area (Å²) in [5.74, 6) is 0.800. The fraction of sp³-hybridized carbons (Fsp3) is 0.529. The summed E-state index contributed by atoms with van der Waals surface area (Å²) in [6.45, 7) is 4.58. The molecule has 3 heterocycles. The molecule has 134 valence electrons. The number of piperazine rings is 1. The van der Waals surface area contributed by atoms with E-state index < -0.39 is 10.0 Å². The number of benzene rings is 1. The van der Waals surface area contributed by atoms with Crippen LogP contribution in [0.2, 0.25) is 0 Å². The van der Waals surface area contributed by atoms with Gasteiger partial charge in [0.1, 0.15) is 4.90 Å². The highest BCUT2D eigenvalue weighted by atomic mass is 32.2. The molecule has 1 amide bonds. The van der Waals surface area contributed by atoms with Crippen molar-refractivity contribution in [2.45, 2.75) is 17.7 Å². The highest BCUT2D eigenvalue weighted by Gasteiger charge is 2.35. The van der Waals surface area contributed by atoms with E-state index in [0.29, 0.717) is 24.5 Å². The Balaban J connectivity index is 1.45. The Morgan fingerprint density at radius 1 is 1.08 bits per heavy atom. The minimum Gasteiger partial charge on any atom is -0.355 e. The van der Waals surface area contributed by atoms with Crippen LogP contribution in [0.1, 0.15) is 18.4 Å². The predicted molar refractivity (Wildman–Crippen MR) is 93.9 cm³/mol. The van der Waals surface area contributed by atoms with E-state index in [0.717, 1.165) is 39.0 Å². The first kappa shape index (κ1) is 16.5. The normalized spacial score (nSPS) is 23.3. The van der Waals surface area contributed by atoms with Gasteiger partial charge in [-0.25, -0.2) is 0 Å². The first-order valence-electron chi connectivity index (χ1n) is 8.75. The van der Waals surface area contributed by atoms with Gasteiger partial charge in [0.2, 0.25) is 5.91 Å². The Labute approximate surface area is 147 Å². The van der Waals surface area contributed by atoms with E-state index in [-0.39, 0.29) is 16.7 Å². The molecule has 3 aliphatic heterocycles. The van der Waals surface area contributed by atoms with Crippen molar-refractivity contribution in [1.29, 1.82) is 0 Å². The van der Waals surface area contributed by atoms with Gasteiger partial charge >= 0.3 is 0 Å². The summed E-state index contributed by atoms with van der Waals surface area (Å²) in [6, 6.07) is 6.95. The maximum Gasteiger partial charge on any atom is 0.285 e. The maximum absolute atomic E-state index is 12.6. The van der Waals surface area contributed by atoms with Crippen LogP contribution in [0.25, 0.3) is 0 Å². The number of carbonyl (C=O) groups is 1. The molecule has 0 aliphatic carbocycles. The molecule has 1 aromatic carbocycles. The van der Waals surface area contributed by atoms with Crippen molar-refractivity contribution in [3.8, 4) is 0 Å². The van der Waals surface area contributed by atoms with Crippen LogP contribution in [0.15, 0.2) is 33.6 Å². The standard InChI is InChI=1S/C17H22N4O3S/c22-17(21-11-7-18-8-12-21)13-5-9-20(10-6-13)16-14-3-1-2-4-15(14)25(23,24)19-16/h1-4,13,18H,5-12H2. The van der Waals surface area contributed by atoms with Crippen LogP contribution >= 0.6 is 0 Å². The van der Waals surface area contributed by atoms with Crippen molar-refractivity contribution in [3.63, 3.8) is 0 Å². The van der Waals surface area contributed by atoms with Gasteiger partial charge in [-0.15, -0.1) is 4.40 Å². The Kier molecular flexibility index (Phi) is 4.24. The lowest BCUT2D eigenvalue weighted by atomic mass is 9.94. The van der Waals surface area contributed by atoms with Crippen LogP contribution in [0, 0.1) is 5.92 Å². The quantitative estimate of drug-likeness (QED) is 0.776. The summed E-state index contributed by atoms with van der Waals surface area (Å²) in [4.78, 5) is 16.9. The Morgan fingerprint density at radius 2 is 1.76 bits per heavy atom. The fourth-order valence-electron chi connectivity index (χ4n) is 3.80. The molecule has 7 nitrogen and oxygen atoms in total. The third kappa shape index (κ3) is 3.04. The summed E-state index contributed by atoms with van der Waals surface area (Å²) < 4.78 is 28.4. The molecule has 8 heteroatoms. The highest BCUT2D eigenvalue weighted by Crippen LogP contribution is 2.30. The number of likely N-dealkylation sites (tertiary alicyclic amines) is 1. The molecule has 2 fully saturated rings. The van der Waals surface area contributed by atoms with E-state index in [1.807, 2.05) is 15.9 Å². The SMILES string of the molecule is O=C(C1CCN(C2=NS(=O)(=O)c3ccccc32)CC1)N1CCNCC1.